The zero-order valence-corrected chi connectivity index (χ0v) is 21.8. The fourth-order valence-electron chi connectivity index (χ4n) is 5.36. The normalized spacial score (nSPS) is 21.9. The Morgan fingerprint density at radius 3 is 2.66 bits per heavy atom. The zero-order chi connectivity index (χ0) is 26.6. The van der Waals surface area contributed by atoms with E-state index in [2.05, 4.69) is 0 Å². The molecule has 0 aromatic heterocycles. The molecule has 2 aromatic carbocycles. The van der Waals surface area contributed by atoms with Crippen molar-refractivity contribution in [3.05, 3.63) is 64.2 Å². The Balaban J connectivity index is 1.62. The van der Waals surface area contributed by atoms with Gasteiger partial charge in [0.2, 0.25) is 0 Å². The summed E-state index contributed by atoms with van der Waals surface area (Å²) < 4.78 is 23.4. The number of cyclic esters (lactones) is 1. The first-order valence-electron chi connectivity index (χ1n) is 13.2. The van der Waals surface area contributed by atoms with E-state index < -0.39 is 5.97 Å². The van der Waals surface area contributed by atoms with Gasteiger partial charge in [-0.2, -0.15) is 0 Å². The van der Waals surface area contributed by atoms with Gasteiger partial charge in [-0.1, -0.05) is 30.4 Å². The first kappa shape index (κ1) is 25.8. The molecule has 0 radical (unpaired) electrons. The van der Waals surface area contributed by atoms with Crippen LogP contribution in [0.25, 0.3) is 12.2 Å². The summed E-state index contributed by atoms with van der Waals surface area (Å²) >= 11 is 0. The molecule has 7 heteroatoms. The molecule has 3 heterocycles. The largest absolute Gasteiger partial charge is 0.495 e. The van der Waals surface area contributed by atoms with Gasteiger partial charge < -0.3 is 18.9 Å². The fraction of sp³-hybridized carbons (Fsp3) is 0.387. The van der Waals surface area contributed by atoms with Crippen molar-refractivity contribution in [2.24, 2.45) is 0 Å². The fourth-order valence-corrected chi connectivity index (χ4v) is 5.36. The molecule has 7 nitrogen and oxygen atoms in total. The number of allylic oxidation sites excluding steroid dienone is 1. The van der Waals surface area contributed by atoms with Gasteiger partial charge >= 0.3 is 11.9 Å². The Morgan fingerprint density at radius 2 is 1.82 bits per heavy atom. The second-order valence-electron chi connectivity index (χ2n) is 10.0. The number of carbonyl (C=O) groups excluding carboxylic acids is 3. The van der Waals surface area contributed by atoms with Gasteiger partial charge in [0.1, 0.15) is 35.2 Å². The number of esters is 2. The number of hydrogen-bond donors (Lipinski definition) is 0. The molecule has 0 saturated carbocycles. The molecule has 198 valence electrons. The van der Waals surface area contributed by atoms with E-state index in [0.717, 1.165) is 23.3 Å². The summed E-state index contributed by atoms with van der Waals surface area (Å²) in [7, 11) is 1.52. The smallest absolute Gasteiger partial charge is 0.342 e. The van der Waals surface area contributed by atoms with Crippen LogP contribution in [-0.4, -0.2) is 37.5 Å². The van der Waals surface area contributed by atoms with E-state index in [9.17, 15) is 14.4 Å². The van der Waals surface area contributed by atoms with Gasteiger partial charge in [0.25, 0.3) is 0 Å². The maximum Gasteiger partial charge on any atom is 0.342 e. The number of ketones is 1. The van der Waals surface area contributed by atoms with Crippen LogP contribution in [0.15, 0.2) is 42.0 Å². The van der Waals surface area contributed by atoms with Crippen molar-refractivity contribution in [1.82, 2.24) is 0 Å². The number of carbonyl (C=O) groups is 3. The number of benzene rings is 2. The highest BCUT2D eigenvalue weighted by atomic mass is 16.5. The monoisotopic (exact) mass is 516 g/mol. The van der Waals surface area contributed by atoms with Crippen molar-refractivity contribution in [3.63, 3.8) is 0 Å². The number of para-hydroxylation sites is 1. The van der Waals surface area contributed by atoms with Gasteiger partial charge in [0.15, 0.2) is 0 Å². The number of Topliss-reactive ketones (excluding diaryl/α,β-unsaturated/α-hetero) is 1. The molecule has 3 aliphatic heterocycles. The third kappa shape index (κ3) is 5.37. The van der Waals surface area contributed by atoms with Gasteiger partial charge in [-0.15, -0.1) is 0 Å². The summed E-state index contributed by atoms with van der Waals surface area (Å²) in [5.41, 5.74) is 3.34. The summed E-state index contributed by atoms with van der Waals surface area (Å²) in [4.78, 5) is 38.4. The minimum absolute atomic E-state index is 0.106. The van der Waals surface area contributed by atoms with Gasteiger partial charge in [0, 0.05) is 29.9 Å². The lowest BCUT2D eigenvalue weighted by Crippen LogP contribution is -2.26. The molecule has 0 aliphatic carbocycles. The van der Waals surface area contributed by atoms with Crippen LogP contribution >= 0.6 is 0 Å². The quantitative estimate of drug-likeness (QED) is 0.355. The maximum absolute atomic E-state index is 13.6. The average Bonchev–Trinajstić information content (AvgIpc) is 2.90. The molecule has 0 unspecified atom stereocenters. The lowest BCUT2D eigenvalue weighted by molar-refractivity contribution is -0.135. The lowest BCUT2D eigenvalue weighted by atomic mass is 9.82. The van der Waals surface area contributed by atoms with E-state index in [1.165, 1.54) is 7.11 Å². The Bertz CT molecular complexity index is 1320. The van der Waals surface area contributed by atoms with Crippen molar-refractivity contribution in [1.29, 1.82) is 0 Å². The molecule has 0 spiro atoms. The molecule has 0 N–H and O–H groups in total. The van der Waals surface area contributed by atoms with Gasteiger partial charge in [0.05, 0.1) is 19.6 Å². The highest BCUT2D eigenvalue weighted by molar-refractivity contribution is 5.99. The number of rotatable bonds is 2. The Morgan fingerprint density at radius 1 is 1.00 bits per heavy atom. The van der Waals surface area contributed by atoms with Crippen LogP contribution in [0.1, 0.15) is 84.8 Å². The molecule has 2 aromatic rings. The topological polar surface area (TPSA) is 88.1 Å². The summed E-state index contributed by atoms with van der Waals surface area (Å²) in [6, 6.07) is 9.45. The molecule has 0 saturated heterocycles. The average molecular weight is 517 g/mol. The molecule has 2 atom stereocenters. The third-order valence-corrected chi connectivity index (χ3v) is 7.26. The van der Waals surface area contributed by atoms with Crippen molar-refractivity contribution < 1.29 is 33.3 Å². The Hall–Kier alpha value is -3.87. The van der Waals surface area contributed by atoms with E-state index in [4.69, 9.17) is 18.9 Å². The molecule has 0 fully saturated rings. The Kier molecular flexibility index (Phi) is 7.63. The van der Waals surface area contributed by atoms with Crippen LogP contribution < -0.4 is 14.2 Å². The van der Waals surface area contributed by atoms with Gasteiger partial charge in [-0.25, -0.2) is 4.79 Å². The highest BCUT2D eigenvalue weighted by Crippen LogP contribution is 2.49. The first-order chi connectivity index (χ1) is 18.4. The predicted octanol–water partition coefficient (Wildman–Crippen LogP) is 6.05. The van der Waals surface area contributed by atoms with Crippen molar-refractivity contribution >= 4 is 29.9 Å². The van der Waals surface area contributed by atoms with Crippen LogP contribution in [0.5, 0.6) is 17.2 Å². The van der Waals surface area contributed by atoms with Crippen molar-refractivity contribution in [2.45, 2.75) is 63.9 Å². The van der Waals surface area contributed by atoms with Crippen LogP contribution in [0, 0.1) is 0 Å². The Labute approximate surface area is 222 Å². The molecule has 0 amide bonds. The van der Waals surface area contributed by atoms with Gasteiger partial charge in [-0.05, 0) is 62.0 Å². The molecule has 0 bridgehead atoms. The number of ether oxygens (including phenoxy) is 4. The summed E-state index contributed by atoms with van der Waals surface area (Å²) in [6.07, 6.45) is 9.23. The molecule has 5 rings (SSSR count). The molecular weight excluding hydrogens is 484 g/mol. The van der Waals surface area contributed by atoms with Gasteiger partial charge in [-0.3, -0.25) is 9.59 Å². The maximum atomic E-state index is 13.6. The highest BCUT2D eigenvalue weighted by Gasteiger charge is 2.37. The van der Waals surface area contributed by atoms with Crippen LogP contribution in [0.4, 0.5) is 0 Å². The summed E-state index contributed by atoms with van der Waals surface area (Å²) in [5.74, 6) is 0.483. The minimum Gasteiger partial charge on any atom is -0.495 e. The standard InChI is InChI=1S/C31H32O7/c1-19-9-8-13-23(32)12-5-3-4-11-21-16-26-29(30(35-2)28(21)31(34)37-19)24(17-27(33)38-26)22-15-20-10-6-7-14-25(20)36-18-22/h4,6-7,10-11,14-16,19,24H,3,5,8-9,12-13,17-18H2,1-2H3/t19-,24-/m1/s1. The number of methoxy groups -OCH3 is 1. The second-order valence-corrected chi connectivity index (χ2v) is 10.0. The van der Waals surface area contributed by atoms with Crippen molar-refractivity contribution in [2.75, 3.05) is 13.7 Å². The van der Waals surface area contributed by atoms with Crippen LogP contribution in [0.3, 0.4) is 0 Å². The van der Waals surface area contributed by atoms with Crippen LogP contribution in [-0.2, 0) is 14.3 Å². The van der Waals surface area contributed by atoms with E-state index >= 15 is 0 Å². The third-order valence-electron chi connectivity index (χ3n) is 7.26. The van der Waals surface area contributed by atoms with E-state index in [1.807, 2.05) is 49.4 Å². The minimum atomic E-state index is -0.505. The molecule has 38 heavy (non-hydrogen) atoms. The molecular formula is C31H32O7. The number of fused-ring (bicyclic) bond motifs is 3. The van der Waals surface area contributed by atoms with E-state index in [-0.39, 0.29) is 30.2 Å². The van der Waals surface area contributed by atoms with Crippen molar-refractivity contribution in [3.8, 4) is 17.2 Å². The lowest BCUT2D eigenvalue weighted by Gasteiger charge is -2.31. The SMILES string of the molecule is COc1c2c(cc3c1[C@@H](C1=Cc4ccccc4OC1)CC(=O)O3)C=CCCCC(=O)CCC[C@@H](C)OC2=O. The van der Waals surface area contributed by atoms with Crippen LogP contribution in [0.2, 0.25) is 0 Å². The summed E-state index contributed by atoms with van der Waals surface area (Å²) in [6.45, 7) is 2.15. The second kappa shape index (κ2) is 11.3. The molecule has 3 aliphatic rings. The summed E-state index contributed by atoms with van der Waals surface area (Å²) in [5, 5.41) is 0. The van der Waals surface area contributed by atoms with E-state index in [1.54, 1.807) is 6.07 Å². The predicted molar refractivity (Wildman–Crippen MR) is 143 cm³/mol. The first-order valence-corrected chi connectivity index (χ1v) is 13.2. The zero-order valence-electron chi connectivity index (χ0n) is 21.8. The van der Waals surface area contributed by atoms with E-state index in [0.29, 0.717) is 66.9 Å². The number of hydrogen-bond acceptors (Lipinski definition) is 7.